The molecular weight excluding hydrogens is 681 g/mol. The molecule has 5 aromatic carbocycles. The number of carbonyl (C=O) groups excluding carboxylic acids is 5. The van der Waals surface area contributed by atoms with Crippen LogP contribution in [0.5, 0.6) is 0 Å². The minimum Gasteiger partial charge on any atom is -0.325 e. The monoisotopic (exact) mass is 705 g/mol. The Hall–Kier alpha value is -5.48. The van der Waals surface area contributed by atoms with Gasteiger partial charge in [0.2, 0.25) is 5.91 Å². The van der Waals surface area contributed by atoms with Crippen LogP contribution in [0.4, 0.5) is 11.4 Å². The van der Waals surface area contributed by atoms with Crippen molar-refractivity contribution < 1.29 is 24.0 Å². The lowest BCUT2D eigenvalue weighted by atomic mass is 9.83. The second-order valence-corrected chi connectivity index (χ2v) is 12.7. The van der Waals surface area contributed by atoms with Gasteiger partial charge < -0.3 is 16.0 Å². The lowest BCUT2D eigenvalue weighted by molar-refractivity contribution is -0.114. The van der Waals surface area contributed by atoms with Crippen molar-refractivity contribution in [1.29, 1.82) is 0 Å². The summed E-state index contributed by atoms with van der Waals surface area (Å²) in [7, 11) is 0. The molecule has 0 aromatic heterocycles. The molecule has 1 aliphatic carbocycles. The molecule has 0 saturated heterocycles. The first-order valence-corrected chi connectivity index (χ1v) is 16.6. The smallest absolute Gasteiger partial charge is 0.272 e. The molecule has 11 heteroatoms. The summed E-state index contributed by atoms with van der Waals surface area (Å²) in [6, 6.07) is 31.5. The number of hydrogen-bond donors (Lipinski definition) is 3. The SMILES string of the molecule is O=C(CSc1ccc(NC(=O)/C(=C/c2ccc(Cl)cc2Cl)NC(=O)c2ccccc2)cc1)Nc1cccc2c1C(=O)c1ccccc1C2=O. The van der Waals surface area contributed by atoms with E-state index in [1.165, 1.54) is 23.9 Å². The number of anilines is 2. The molecule has 242 valence electrons. The van der Waals surface area contributed by atoms with E-state index in [4.69, 9.17) is 23.2 Å². The van der Waals surface area contributed by atoms with Gasteiger partial charge in [-0.2, -0.15) is 0 Å². The highest BCUT2D eigenvalue weighted by Gasteiger charge is 2.31. The van der Waals surface area contributed by atoms with Crippen molar-refractivity contribution in [1.82, 2.24) is 5.32 Å². The van der Waals surface area contributed by atoms with Gasteiger partial charge in [0.1, 0.15) is 5.70 Å². The Morgan fingerprint density at radius 3 is 2.08 bits per heavy atom. The quantitative estimate of drug-likeness (QED) is 0.104. The molecule has 5 aromatic rings. The van der Waals surface area contributed by atoms with Crippen LogP contribution in [-0.2, 0) is 9.59 Å². The van der Waals surface area contributed by atoms with Crippen LogP contribution in [-0.4, -0.2) is 35.0 Å². The summed E-state index contributed by atoms with van der Waals surface area (Å²) in [5, 5.41) is 8.95. The number of hydrogen-bond acceptors (Lipinski definition) is 6. The lowest BCUT2D eigenvalue weighted by Crippen LogP contribution is -2.30. The molecule has 3 N–H and O–H groups in total. The molecule has 0 bridgehead atoms. The van der Waals surface area contributed by atoms with Crippen LogP contribution in [0.1, 0.15) is 47.8 Å². The van der Waals surface area contributed by atoms with Crippen LogP contribution in [0.3, 0.4) is 0 Å². The van der Waals surface area contributed by atoms with Gasteiger partial charge >= 0.3 is 0 Å². The second kappa shape index (κ2) is 14.7. The number of ketones is 2. The first kappa shape index (κ1) is 33.4. The molecule has 0 aliphatic heterocycles. The molecule has 3 amide bonds. The number of benzene rings is 5. The highest BCUT2D eigenvalue weighted by atomic mass is 35.5. The van der Waals surface area contributed by atoms with Crippen molar-refractivity contribution in [3.63, 3.8) is 0 Å². The highest BCUT2D eigenvalue weighted by Crippen LogP contribution is 2.32. The Balaban J connectivity index is 1.11. The van der Waals surface area contributed by atoms with E-state index in [-0.39, 0.29) is 45.7 Å². The van der Waals surface area contributed by atoms with Crippen molar-refractivity contribution >= 4 is 81.7 Å². The molecule has 0 unspecified atom stereocenters. The van der Waals surface area contributed by atoms with Crippen molar-refractivity contribution in [2.24, 2.45) is 0 Å². The van der Waals surface area contributed by atoms with Gasteiger partial charge in [0, 0.05) is 42.9 Å². The Morgan fingerprint density at radius 1 is 0.694 bits per heavy atom. The van der Waals surface area contributed by atoms with Crippen LogP contribution < -0.4 is 16.0 Å². The number of fused-ring (bicyclic) bond motifs is 2. The minimum atomic E-state index is -0.586. The van der Waals surface area contributed by atoms with Gasteiger partial charge in [-0.15, -0.1) is 11.8 Å². The van der Waals surface area contributed by atoms with Gasteiger partial charge in [0.25, 0.3) is 11.8 Å². The van der Waals surface area contributed by atoms with Crippen LogP contribution in [0.2, 0.25) is 10.0 Å². The average Bonchev–Trinajstić information content (AvgIpc) is 3.11. The summed E-state index contributed by atoms with van der Waals surface area (Å²) in [5.41, 5.74) is 2.60. The summed E-state index contributed by atoms with van der Waals surface area (Å²) in [5.74, 6) is -1.99. The molecule has 0 fully saturated rings. The summed E-state index contributed by atoms with van der Waals surface area (Å²) in [6.07, 6.45) is 1.46. The van der Waals surface area contributed by atoms with Gasteiger partial charge in [0.05, 0.1) is 17.0 Å². The predicted octanol–water partition coefficient (Wildman–Crippen LogP) is 7.91. The van der Waals surface area contributed by atoms with E-state index >= 15 is 0 Å². The van der Waals surface area contributed by atoms with Gasteiger partial charge in [0.15, 0.2) is 11.6 Å². The number of amides is 3. The molecule has 0 heterocycles. The molecule has 0 atom stereocenters. The minimum absolute atomic E-state index is 0.0222. The molecular formula is C38H25Cl2N3O5S. The number of halogens is 2. The molecule has 0 spiro atoms. The molecule has 8 nitrogen and oxygen atoms in total. The third-order valence-corrected chi connectivity index (χ3v) is 9.07. The average molecular weight is 707 g/mol. The van der Waals surface area contributed by atoms with Gasteiger partial charge in [-0.3, -0.25) is 24.0 Å². The second-order valence-electron chi connectivity index (χ2n) is 10.8. The first-order chi connectivity index (χ1) is 23.7. The lowest BCUT2D eigenvalue weighted by Gasteiger charge is -2.20. The van der Waals surface area contributed by atoms with E-state index in [2.05, 4.69) is 16.0 Å². The fraction of sp³-hybridized carbons (Fsp3) is 0.0263. The summed E-state index contributed by atoms with van der Waals surface area (Å²) in [6.45, 7) is 0. The maximum Gasteiger partial charge on any atom is 0.272 e. The number of thioether (sulfide) groups is 1. The van der Waals surface area contributed by atoms with Gasteiger partial charge in [-0.1, -0.05) is 83.9 Å². The molecule has 1 aliphatic rings. The maximum atomic E-state index is 13.4. The normalized spacial score (nSPS) is 12.1. The summed E-state index contributed by atoms with van der Waals surface area (Å²) in [4.78, 5) is 66.3. The summed E-state index contributed by atoms with van der Waals surface area (Å²) < 4.78 is 0. The van der Waals surface area contributed by atoms with Crippen LogP contribution in [0.25, 0.3) is 6.08 Å². The Bertz CT molecular complexity index is 2170. The molecule has 0 radical (unpaired) electrons. The topological polar surface area (TPSA) is 121 Å². The largest absolute Gasteiger partial charge is 0.325 e. The number of rotatable bonds is 9. The van der Waals surface area contributed by atoms with Crippen molar-refractivity contribution in [2.45, 2.75) is 4.90 Å². The summed E-state index contributed by atoms with van der Waals surface area (Å²) >= 11 is 13.6. The van der Waals surface area contributed by atoms with E-state index in [1.54, 1.807) is 109 Å². The van der Waals surface area contributed by atoms with E-state index < -0.39 is 11.8 Å². The van der Waals surface area contributed by atoms with E-state index in [1.807, 2.05) is 0 Å². The zero-order valence-corrected chi connectivity index (χ0v) is 27.8. The fourth-order valence-electron chi connectivity index (χ4n) is 5.13. The fourth-order valence-corrected chi connectivity index (χ4v) is 6.30. The third kappa shape index (κ3) is 7.65. The molecule has 0 saturated carbocycles. The van der Waals surface area contributed by atoms with Crippen LogP contribution in [0, 0.1) is 0 Å². The zero-order valence-electron chi connectivity index (χ0n) is 25.5. The van der Waals surface area contributed by atoms with E-state index in [0.29, 0.717) is 38.0 Å². The Morgan fingerprint density at radius 2 is 1.37 bits per heavy atom. The molecule has 49 heavy (non-hydrogen) atoms. The van der Waals surface area contributed by atoms with E-state index in [9.17, 15) is 24.0 Å². The third-order valence-electron chi connectivity index (χ3n) is 7.50. The highest BCUT2D eigenvalue weighted by molar-refractivity contribution is 8.00. The molecule has 6 rings (SSSR count). The standard InChI is InChI=1S/C38H25Cl2N3O5S/c39-24-14-13-23(30(40)20-24)19-32(43-37(47)22-7-2-1-3-8-22)38(48)41-25-15-17-26(18-16-25)49-21-33(44)42-31-12-6-11-29-34(31)36(46)28-10-5-4-9-27(28)35(29)45/h1-20H,21H2,(H,41,48)(H,42,44)(H,43,47)/b32-19-. The number of nitrogens with one attached hydrogen (secondary N) is 3. The van der Waals surface area contributed by atoms with Crippen LogP contribution in [0.15, 0.2) is 126 Å². The predicted molar refractivity (Wildman–Crippen MR) is 193 cm³/mol. The Kier molecular flexibility index (Phi) is 10.1. The van der Waals surface area contributed by atoms with Crippen molar-refractivity contribution in [2.75, 3.05) is 16.4 Å². The first-order valence-electron chi connectivity index (χ1n) is 14.9. The van der Waals surface area contributed by atoms with Crippen LogP contribution >= 0.6 is 35.0 Å². The zero-order chi connectivity index (χ0) is 34.5. The maximum absolute atomic E-state index is 13.4. The Labute approximate surface area is 295 Å². The van der Waals surface area contributed by atoms with Crippen molar-refractivity contribution in [3.8, 4) is 0 Å². The van der Waals surface area contributed by atoms with E-state index in [0.717, 1.165) is 4.90 Å². The number of carbonyl (C=O) groups is 5. The van der Waals surface area contributed by atoms with Gasteiger partial charge in [-0.25, -0.2) is 0 Å². The van der Waals surface area contributed by atoms with Gasteiger partial charge in [-0.05, 0) is 66.2 Å². The van der Waals surface area contributed by atoms with Crippen molar-refractivity contribution in [3.05, 3.63) is 164 Å².